The lowest BCUT2D eigenvalue weighted by molar-refractivity contribution is -0.137. The van der Waals surface area contributed by atoms with Crippen LogP contribution in [0, 0.1) is 6.92 Å². The minimum absolute atomic E-state index is 0.0490. The second-order valence-electron chi connectivity index (χ2n) is 6.33. The lowest BCUT2D eigenvalue weighted by Gasteiger charge is -2.13. The van der Waals surface area contributed by atoms with E-state index < -0.39 is 24.3 Å². The first-order chi connectivity index (χ1) is 14.6. The first kappa shape index (κ1) is 22.1. The predicted molar refractivity (Wildman–Crippen MR) is 101 cm³/mol. The molecule has 0 saturated carbocycles. The zero-order valence-electron chi connectivity index (χ0n) is 16.2. The Bertz CT molecular complexity index is 1100. The van der Waals surface area contributed by atoms with E-state index in [1.54, 1.807) is 6.92 Å². The van der Waals surface area contributed by atoms with Crippen molar-refractivity contribution in [3.05, 3.63) is 65.4 Å². The Morgan fingerprint density at radius 2 is 1.84 bits per heavy atom. The largest absolute Gasteiger partial charge is 0.493 e. The summed E-state index contributed by atoms with van der Waals surface area (Å²) < 4.78 is 74.5. The Morgan fingerprint density at radius 1 is 1.10 bits per heavy atom. The summed E-state index contributed by atoms with van der Waals surface area (Å²) >= 11 is 0. The van der Waals surface area contributed by atoms with E-state index in [4.69, 9.17) is 4.74 Å². The molecule has 0 saturated heterocycles. The van der Waals surface area contributed by atoms with Gasteiger partial charge in [-0.15, -0.1) is 0 Å². The summed E-state index contributed by atoms with van der Waals surface area (Å²) in [6.07, 6.45) is -4.54. The van der Waals surface area contributed by atoms with Crippen molar-refractivity contribution in [3.63, 3.8) is 0 Å². The van der Waals surface area contributed by atoms with E-state index in [2.05, 4.69) is 15.2 Å². The number of amides is 1. The number of methoxy groups -OCH3 is 1. The monoisotopic (exact) mass is 441 g/mol. The van der Waals surface area contributed by atoms with Gasteiger partial charge in [-0.3, -0.25) is 4.79 Å². The van der Waals surface area contributed by atoms with Crippen molar-refractivity contribution in [1.82, 2.24) is 9.78 Å². The van der Waals surface area contributed by atoms with Gasteiger partial charge in [-0.05, 0) is 43.3 Å². The third kappa shape index (κ3) is 5.11. The standard InChI is InChI=1S/C20H16F5N3O3/c1-11-8-17(28(27-11)14-5-3-4-13(10-14)20(23,24)25)26-18(29)12-6-7-15(31-19(21)22)16(9-12)30-2/h3-10,19H,1-2H3,(H,26,29). The predicted octanol–water partition coefficient (Wildman–Crippen LogP) is 5.06. The Kier molecular flexibility index (Phi) is 6.14. The molecule has 6 nitrogen and oxygen atoms in total. The van der Waals surface area contributed by atoms with Crippen molar-refractivity contribution in [1.29, 1.82) is 0 Å². The fourth-order valence-electron chi connectivity index (χ4n) is 2.79. The quantitative estimate of drug-likeness (QED) is 0.543. The average Bonchev–Trinajstić information content (AvgIpc) is 3.07. The van der Waals surface area contributed by atoms with Gasteiger partial charge in [0, 0.05) is 11.6 Å². The van der Waals surface area contributed by atoms with Gasteiger partial charge in [0.1, 0.15) is 5.82 Å². The van der Waals surface area contributed by atoms with Crippen LogP contribution in [0.4, 0.5) is 27.8 Å². The van der Waals surface area contributed by atoms with Crippen LogP contribution in [0.15, 0.2) is 48.5 Å². The molecule has 0 aliphatic heterocycles. The minimum atomic E-state index is -4.54. The lowest BCUT2D eigenvalue weighted by Crippen LogP contribution is -2.16. The maximum atomic E-state index is 13.0. The van der Waals surface area contributed by atoms with Crippen LogP contribution >= 0.6 is 0 Å². The summed E-state index contributed by atoms with van der Waals surface area (Å²) in [5.41, 5.74) is -0.273. The highest BCUT2D eigenvalue weighted by Crippen LogP contribution is 2.32. The number of aryl methyl sites for hydroxylation is 1. The number of carbonyl (C=O) groups is 1. The lowest BCUT2D eigenvalue weighted by atomic mass is 10.2. The zero-order chi connectivity index (χ0) is 22.8. The number of ether oxygens (including phenoxy) is 2. The Hall–Kier alpha value is -3.63. The van der Waals surface area contributed by atoms with Gasteiger partial charge in [0.25, 0.3) is 5.91 Å². The van der Waals surface area contributed by atoms with E-state index in [-0.39, 0.29) is 28.6 Å². The fraction of sp³-hybridized carbons (Fsp3) is 0.200. The summed E-state index contributed by atoms with van der Waals surface area (Å²) in [5, 5.41) is 6.69. The smallest absolute Gasteiger partial charge is 0.416 e. The number of hydrogen-bond acceptors (Lipinski definition) is 4. The zero-order valence-corrected chi connectivity index (χ0v) is 16.2. The highest BCUT2D eigenvalue weighted by atomic mass is 19.4. The second kappa shape index (κ2) is 8.62. The summed E-state index contributed by atoms with van der Waals surface area (Å²) in [6.45, 7) is -1.46. The number of alkyl halides is 5. The van der Waals surface area contributed by atoms with E-state index in [9.17, 15) is 26.7 Å². The number of nitrogens with one attached hydrogen (secondary N) is 1. The van der Waals surface area contributed by atoms with Crippen LogP contribution in [0.5, 0.6) is 11.5 Å². The molecule has 0 unspecified atom stereocenters. The summed E-state index contributed by atoms with van der Waals surface area (Å²) in [7, 11) is 1.22. The van der Waals surface area contributed by atoms with Crippen molar-refractivity contribution < 1.29 is 36.2 Å². The Balaban J connectivity index is 1.90. The molecule has 31 heavy (non-hydrogen) atoms. The molecule has 1 N–H and O–H groups in total. The van der Waals surface area contributed by atoms with Gasteiger partial charge in [-0.1, -0.05) is 6.07 Å². The van der Waals surface area contributed by atoms with Crippen molar-refractivity contribution in [2.75, 3.05) is 12.4 Å². The second-order valence-corrected chi connectivity index (χ2v) is 6.33. The fourth-order valence-corrected chi connectivity index (χ4v) is 2.79. The first-order valence-electron chi connectivity index (χ1n) is 8.77. The normalized spacial score (nSPS) is 11.5. The SMILES string of the molecule is COc1cc(C(=O)Nc2cc(C)nn2-c2cccc(C(F)(F)F)c2)ccc1OC(F)F. The highest BCUT2D eigenvalue weighted by molar-refractivity contribution is 6.04. The van der Waals surface area contributed by atoms with Gasteiger partial charge in [0.15, 0.2) is 11.5 Å². The molecule has 11 heteroatoms. The molecular formula is C20H16F5N3O3. The first-order valence-corrected chi connectivity index (χ1v) is 8.77. The van der Waals surface area contributed by atoms with E-state index in [0.717, 1.165) is 22.9 Å². The molecule has 1 aromatic heterocycles. The minimum Gasteiger partial charge on any atom is -0.493 e. The molecule has 0 atom stereocenters. The topological polar surface area (TPSA) is 65.4 Å². The molecule has 0 bridgehead atoms. The van der Waals surface area contributed by atoms with Gasteiger partial charge in [-0.25, -0.2) is 4.68 Å². The third-order valence-corrected chi connectivity index (χ3v) is 4.13. The van der Waals surface area contributed by atoms with Crippen LogP contribution in [-0.2, 0) is 6.18 Å². The summed E-state index contributed by atoms with van der Waals surface area (Å²) in [4.78, 5) is 12.7. The number of anilines is 1. The van der Waals surface area contributed by atoms with E-state index in [1.165, 1.54) is 37.4 Å². The van der Waals surface area contributed by atoms with E-state index in [0.29, 0.717) is 5.69 Å². The van der Waals surface area contributed by atoms with Crippen LogP contribution in [0.2, 0.25) is 0 Å². The van der Waals surface area contributed by atoms with Crippen LogP contribution in [-0.4, -0.2) is 29.4 Å². The number of halogens is 5. The Morgan fingerprint density at radius 3 is 2.48 bits per heavy atom. The van der Waals surface area contributed by atoms with Crippen LogP contribution in [0.25, 0.3) is 5.69 Å². The molecule has 0 spiro atoms. The molecule has 0 fully saturated rings. The van der Waals surface area contributed by atoms with Crippen LogP contribution in [0.3, 0.4) is 0 Å². The highest BCUT2D eigenvalue weighted by Gasteiger charge is 2.30. The maximum absolute atomic E-state index is 13.0. The number of aromatic nitrogens is 2. The Labute approximate surface area is 173 Å². The van der Waals surface area contributed by atoms with Gasteiger partial charge in [0.05, 0.1) is 24.1 Å². The molecule has 1 amide bonds. The van der Waals surface area contributed by atoms with Crippen LogP contribution in [0.1, 0.15) is 21.6 Å². The van der Waals surface area contributed by atoms with E-state index in [1.807, 2.05) is 0 Å². The number of rotatable bonds is 6. The number of benzene rings is 2. The van der Waals surface area contributed by atoms with Gasteiger partial charge in [-0.2, -0.15) is 27.1 Å². The molecule has 0 aliphatic rings. The van der Waals surface area contributed by atoms with Gasteiger partial charge in [0.2, 0.25) is 0 Å². The van der Waals surface area contributed by atoms with E-state index >= 15 is 0 Å². The van der Waals surface area contributed by atoms with Gasteiger partial charge < -0.3 is 14.8 Å². The van der Waals surface area contributed by atoms with Crippen molar-refractivity contribution in [2.24, 2.45) is 0 Å². The molecule has 1 heterocycles. The summed E-state index contributed by atoms with van der Waals surface area (Å²) in [5.74, 6) is -0.877. The van der Waals surface area contributed by atoms with Crippen LogP contribution < -0.4 is 14.8 Å². The van der Waals surface area contributed by atoms with Crippen molar-refractivity contribution in [2.45, 2.75) is 19.7 Å². The molecule has 0 aliphatic carbocycles. The number of hydrogen-bond donors (Lipinski definition) is 1. The molecule has 2 aromatic carbocycles. The molecule has 164 valence electrons. The van der Waals surface area contributed by atoms with Crippen molar-refractivity contribution in [3.8, 4) is 17.2 Å². The number of carbonyl (C=O) groups excluding carboxylic acids is 1. The molecule has 0 radical (unpaired) electrons. The average molecular weight is 441 g/mol. The third-order valence-electron chi connectivity index (χ3n) is 4.13. The summed E-state index contributed by atoms with van der Waals surface area (Å²) in [6, 6.07) is 9.54. The van der Waals surface area contributed by atoms with Gasteiger partial charge >= 0.3 is 12.8 Å². The number of nitrogens with zero attached hydrogens (tertiary/aromatic N) is 2. The molecule has 3 aromatic rings. The molecule has 3 rings (SSSR count). The molecular weight excluding hydrogens is 425 g/mol. The van der Waals surface area contributed by atoms with Crippen molar-refractivity contribution >= 4 is 11.7 Å². The maximum Gasteiger partial charge on any atom is 0.416 e.